The average Bonchev–Trinajstić information content (AvgIpc) is 2.03. The predicted octanol–water partition coefficient (Wildman–Crippen LogP) is 1.16. The summed E-state index contributed by atoms with van der Waals surface area (Å²) in [6, 6.07) is 0.290. The van der Waals surface area contributed by atoms with Crippen LogP contribution >= 0.6 is 0 Å². The summed E-state index contributed by atoms with van der Waals surface area (Å²) in [5.41, 5.74) is -0.739. The van der Waals surface area contributed by atoms with Gasteiger partial charge >= 0.3 is 0 Å². The third-order valence-corrected chi connectivity index (χ3v) is 3.26. The molecule has 1 fully saturated rings. The van der Waals surface area contributed by atoms with Crippen molar-refractivity contribution < 1.29 is 9.84 Å². The minimum absolute atomic E-state index is 0.0911. The quantitative estimate of drug-likeness (QED) is 0.704. The Hall–Kier alpha value is -0.120. The fourth-order valence-corrected chi connectivity index (χ4v) is 1.54. The first-order valence-corrected chi connectivity index (χ1v) is 5.36. The smallest absolute Gasteiger partial charge is 0.0683 e. The summed E-state index contributed by atoms with van der Waals surface area (Å²) >= 11 is 0. The average molecular weight is 201 g/mol. The topological polar surface area (TPSA) is 41.5 Å². The maximum absolute atomic E-state index is 10.3. The van der Waals surface area contributed by atoms with E-state index < -0.39 is 5.60 Å². The summed E-state index contributed by atoms with van der Waals surface area (Å²) in [7, 11) is 0. The molecule has 0 aromatic rings. The molecule has 1 aliphatic rings. The minimum atomic E-state index is -0.647. The second-order valence-corrected chi connectivity index (χ2v) is 5.45. The molecule has 2 unspecified atom stereocenters. The molecule has 1 aliphatic heterocycles. The molecule has 14 heavy (non-hydrogen) atoms. The number of rotatable bonds is 2. The fourth-order valence-electron chi connectivity index (χ4n) is 1.54. The van der Waals surface area contributed by atoms with Crippen molar-refractivity contribution in [2.75, 3.05) is 19.8 Å². The maximum atomic E-state index is 10.3. The monoisotopic (exact) mass is 201 g/mol. The van der Waals surface area contributed by atoms with Crippen molar-refractivity contribution in [3.05, 3.63) is 0 Å². The molecular formula is C11H23NO2. The molecule has 1 heterocycles. The van der Waals surface area contributed by atoms with E-state index in [0.717, 1.165) is 19.6 Å². The Labute approximate surface area is 86.8 Å². The van der Waals surface area contributed by atoms with E-state index in [1.54, 1.807) is 0 Å². The van der Waals surface area contributed by atoms with Gasteiger partial charge in [-0.15, -0.1) is 0 Å². The molecule has 3 nitrogen and oxygen atoms in total. The van der Waals surface area contributed by atoms with Gasteiger partial charge in [0.05, 0.1) is 18.8 Å². The summed E-state index contributed by atoms with van der Waals surface area (Å²) in [5, 5.41) is 13.7. The van der Waals surface area contributed by atoms with Crippen molar-refractivity contribution in [2.45, 2.75) is 45.8 Å². The molecule has 2 atom stereocenters. The molecule has 3 heteroatoms. The first-order chi connectivity index (χ1) is 6.33. The lowest BCUT2D eigenvalue weighted by Crippen LogP contribution is -2.50. The van der Waals surface area contributed by atoms with E-state index in [9.17, 15) is 5.11 Å². The first kappa shape index (κ1) is 12.0. The zero-order valence-electron chi connectivity index (χ0n) is 9.76. The summed E-state index contributed by atoms with van der Waals surface area (Å²) in [6.07, 6.45) is 0.747. The van der Waals surface area contributed by atoms with Crippen LogP contribution in [-0.2, 0) is 4.74 Å². The highest BCUT2D eigenvalue weighted by atomic mass is 16.5. The van der Waals surface area contributed by atoms with E-state index in [4.69, 9.17) is 4.74 Å². The van der Waals surface area contributed by atoms with Crippen molar-refractivity contribution in [3.63, 3.8) is 0 Å². The number of aliphatic hydroxyl groups is 1. The Morgan fingerprint density at radius 1 is 1.36 bits per heavy atom. The number of nitrogens with one attached hydrogen (secondary N) is 1. The van der Waals surface area contributed by atoms with Crippen LogP contribution in [-0.4, -0.2) is 36.5 Å². The van der Waals surface area contributed by atoms with E-state index in [1.807, 2.05) is 6.92 Å². The van der Waals surface area contributed by atoms with Gasteiger partial charge < -0.3 is 15.2 Å². The van der Waals surface area contributed by atoms with E-state index in [0.29, 0.717) is 6.61 Å². The van der Waals surface area contributed by atoms with Crippen LogP contribution in [0.2, 0.25) is 0 Å². The molecule has 1 rings (SSSR count). The summed E-state index contributed by atoms with van der Waals surface area (Å²) in [6.45, 7) is 10.5. The molecule has 0 spiro atoms. The van der Waals surface area contributed by atoms with Gasteiger partial charge in [-0.25, -0.2) is 0 Å². The van der Waals surface area contributed by atoms with Gasteiger partial charge in [0.1, 0.15) is 0 Å². The minimum Gasteiger partial charge on any atom is -0.390 e. The molecule has 0 aromatic heterocycles. The number of morpholine rings is 1. The number of hydrogen-bond acceptors (Lipinski definition) is 3. The molecule has 0 aromatic carbocycles. The third-order valence-electron chi connectivity index (χ3n) is 3.26. The summed E-state index contributed by atoms with van der Waals surface area (Å²) in [5.74, 6) is 0. The van der Waals surface area contributed by atoms with Gasteiger partial charge in [-0.1, -0.05) is 20.8 Å². The zero-order valence-corrected chi connectivity index (χ0v) is 9.76. The Morgan fingerprint density at radius 3 is 2.43 bits per heavy atom. The Balaban J connectivity index is 2.49. The Bertz CT molecular complexity index is 178. The lowest BCUT2D eigenvalue weighted by Gasteiger charge is -2.40. The van der Waals surface area contributed by atoms with Gasteiger partial charge in [-0.3, -0.25) is 0 Å². The molecule has 0 aliphatic carbocycles. The van der Waals surface area contributed by atoms with Crippen molar-refractivity contribution in [1.82, 2.24) is 5.32 Å². The predicted molar refractivity (Wildman–Crippen MR) is 57.3 cm³/mol. The lowest BCUT2D eigenvalue weighted by molar-refractivity contribution is -0.0664. The molecule has 2 N–H and O–H groups in total. The van der Waals surface area contributed by atoms with E-state index in [-0.39, 0.29) is 11.5 Å². The highest BCUT2D eigenvalue weighted by Gasteiger charge is 2.37. The van der Waals surface area contributed by atoms with E-state index in [1.165, 1.54) is 0 Å². The van der Waals surface area contributed by atoms with Crippen molar-refractivity contribution >= 4 is 0 Å². The number of ether oxygens (including phenoxy) is 1. The highest BCUT2D eigenvalue weighted by Crippen LogP contribution is 2.33. The van der Waals surface area contributed by atoms with Gasteiger partial charge in [0, 0.05) is 12.6 Å². The second-order valence-electron chi connectivity index (χ2n) is 5.45. The van der Waals surface area contributed by atoms with Gasteiger partial charge in [0.25, 0.3) is 0 Å². The van der Waals surface area contributed by atoms with Crippen LogP contribution in [0.3, 0.4) is 0 Å². The Kier molecular flexibility index (Phi) is 3.56. The highest BCUT2D eigenvalue weighted by molar-refractivity contribution is 4.90. The van der Waals surface area contributed by atoms with Crippen LogP contribution in [0.25, 0.3) is 0 Å². The van der Waals surface area contributed by atoms with Gasteiger partial charge in [-0.05, 0) is 18.8 Å². The van der Waals surface area contributed by atoms with Gasteiger partial charge in [0.15, 0.2) is 0 Å². The second kappa shape index (κ2) is 4.17. The van der Waals surface area contributed by atoms with Crippen molar-refractivity contribution in [3.8, 4) is 0 Å². The molecule has 1 saturated heterocycles. The molecule has 0 amide bonds. The molecule has 0 saturated carbocycles. The third kappa shape index (κ3) is 2.94. The van der Waals surface area contributed by atoms with Gasteiger partial charge in [-0.2, -0.15) is 0 Å². The zero-order chi connectivity index (χ0) is 10.8. The SMILES string of the molecule is CC(C)(C)C(C)(O)CC1COCCN1. The first-order valence-electron chi connectivity index (χ1n) is 5.36. The normalized spacial score (nSPS) is 28.5. The largest absolute Gasteiger partial charge is 0.390 e. The lowest BCUT2D eigenvalue weighted by atomic mass is 9.74. The van der Waals surface area contributed by atoms with Crippen molar-refractivity contribution in [2.24, 2.45) is 5.41 Å². The summed E-state index contributed by atoms with van der Waals surface area (Å²) in [4.78, 5) is 0. The van der Waals surface area contributed by atoms with Crippen LogP contribution < -0.4 is 5.32 Å². The standard InChI is InChI=1S/C11H23NO2/c1-10(2,3)11(4,13)7-9-8-14-6-5-12-9/h9,12-13H,5-8H2,1-4H3. The van der Waals surface area contributed by atoms with Crippen LogP contribution in [0.1, 0.15) is 34.1 Å². The Morgan fingerprint density at radius 2 is 2.00 bits per heavy atom. The van der Waals surface area contributed by atoms with E-state index in [2.05, 4.69) is 26.1 Å². The van der Waals surface area contributed by atoms with Crippen LogP contribution in [0.5, 0.6) is 0 Å². The van der Waals surface area contributed by atoms with Crippen LogP contribution in [0, 0.1) is 5.41 Å². The van der Waals surface area contributed by atoms with Crippen LogP contribution in [0.15, 0.2) is 0 Å². The fraction of sp³-hybridized carbons (Fsp3) is 1.00. The van der Waals surface area contributed by atoms with Gasteiger partial charge in [0.2, 0.25) is 0 Å². The summed E-state index contributed by atoms with van der Waals surface area (Å²) < 4.78 is 5.37. The van der Waals surface area contributed by atoms with Crippen molar-refractivity contribution in [1.29, 1.82) is 0 Å². The molecule has 84 valence electrons. The maximum Gasteiger partial charge on any atom is 0.0683 e. The van der Waals surface area contributed by atoms with E-state index >= 15 is 0 Å². The molecular weight excluding hydrogens is 178 g/mol. The molecule has 0 radical (unpaired) electrons. The molecule has 0 bridgehead atoms. The number of hydrogen-bond donors (Lipinski definition) is 2. The van der Waals surface area contributed by atoms with Crippen LogP contribution in [0.4, 0.5) is 0 Å².